The van der Waals surface area contributed by atoms with Gasteiger partial charge in [-0.25, -0.2) is 9.59 Å². The summed E-state index contributed by atoms with van der Waals surface area (Å²) in [4.78, 5) is 25.6. The number of hydrogen-bond donors (Lipinski definition) is 1. The minimum atomic E-state index is -4.30. The summed E-state index contributed by atoms with van der Waals surface area (Å²) in [6, 6.07) is 12.4. The molecule has 0 unspecified atom stereocenters. The number of carbonyl (C=O) groups is 2. The van der Waals surface area contributed by atoms with Crippen molar-refractivity contribution in [3.8, 4) is 5.75 Å². The van der Waals surface area contributed by atoms with E-state index in [0.29, 0.717) is 16.4 Å². The Morgan fingerprint density at radius 3 is 2.19 bits per heavy atom. The summed E-state index contributed by atoms with van der Waals surface area (Å²) in [6.07, 6.45) is 0.0265. The van der Waals surface area contributed by atoms with Gasteiger partial charge in [0.1, 0.15) is 33.8 Å². The fourth-order valence-corrected chi connectivity index (χ4v) is 3.46. The average Bonchev–Trinajstić information content (AvgIpc) is 2.73. The van der Waals surface area contributed by atoms with E-state index >= 15 is 0 Å². The quantitative estimate of drug-likeness (QED) is 0.243. The number of rotatable bonds is 7. The first-order chi connectivity index (χ1) is 15.1. The number of ether oxygens (including phenoxy) is 2. The van der Waals surface area contributed by atoms with Gasteiger partial charge in [0.25, 0.3) is 10.1 Å². The molecule has 0 heterocycles. The van der Waals surface area contributed by atoms with Crippen LogP contribution in [0.15, 0.2) is 48.5 Å². The highest BCUT2D eigenvalue weighted by atomic mass is 32.2. The third kappa shape index (κ3) is 5.41. The van der Waals surface area contributed by atoms with Crippen molar-refractivity contribution >= 4 is 67.3 Å². The van der Waals surface area contributed by atoms with E-state index in [9.17, 15) is 18.0 Å². The lowest BCUT2D eigenvalue weighted by atomic mass is 9.81. The van der Waals surface area contributed by atoms with Crippen molar-refractivity contribution in [1.82, 2.24) is 0 Å². The van der Waals surface area contributed by atoms with Crippen LogP contribution in [0, 0.1) is 0 Å². The predicted octanol–water partition coefficient (Wildman–Crippen LogP) is 0.360. The molecule has 11 heteroatoms. The molecule has 3 aromatic rings. The number of carbonyl (C=O) groups excluding carboxylic acids is 2. The van der Waals surface area contributed by atoms with Crippen molar-refractivity contribution in [3.63, 3.8) is 0 Å². The molecule has 3 rings (SSSR count). The van der Waals surface area contributed by atoms with E-state index < -0.39 is 34.4 Å². The second-order valence-electron chi connectivity index (χ2n) is 6.82. The van der Waals surface area contributed by atoms with Crippen LogP contribution in [0.25, 0.3) is 10.8 Å². The SMILES string of the molecule is [B]Cc1cc([B])cc([B])c1OC(=O)c1cccc2cccc(C(=O)OCCS(=O)(=O)O)c12. The van der Waals surface area contributed by atoms with Crippen LogP contribution in [0.5, 0.6) is 5.75 Å². The van der Waals surface area contributed by atoms with Gasteiger partial charge in [0, 0.05) is 5.39 Å². The zero-order valence-electron chi connectivity index (χ0n) is 16.8. The standard InChI is InChI=1S/C21H15B3O7S/c22-11-13-9-14(23)10-17(24)19(13)31-21(26)16-6-2-4-12-3-1-5-15(18(12)16)20(25)30-7-8-32(27,28)29/h1-6,9-10H,7-8,11H2,(H,27,28,29). The van der Waals surface area contributed by atoms with E-state index in [1.54, 1.807) is 30.3 Å². The molecular weight excluding hydrogens is 429 g/mol. The zero-order chi connectivity index (χ0) is 23.5. The molecule has 0 bridgehead atoms. The summed E-state index contributed by atoms with van der Waals surface area (Å²) < 4.78 is 41.0. The normalized spacial score (nSPS) is 11.3. The third-order valence-corrected chi connectivity index (χ3v) is 5.23. The molecule has 0 saturated carbocycles. The zero-order valence-corrected chi connectivity index (χ0v) is 17.6. The maximum atomic E-state index is 13.0. The van der Waals surface area contributed by atoms with Gasteiger partial charge in [-0.1, -0.05) is 53.6 Å². The Hall–Kier alpha value is -3.04. The monoisotopic (exact) mass is 444 g/mol. The molecule has 0 amide bonds. The fraction of sp³-hybridized carbons (Fsp3) is 0.143. The number of fused-ring (bicyclic) bond motifs is 1. The van der Waals surface area contributed by atoms with Gasteiger partial charge < -0.3 is 9.47 Å². The maximum Gasteiger partial charge on any atom is 0.344 e. The second kappa shape index (κ2) is 9.62. The van der Waals surface area contributed by atoms with Crippen molar-refractivity contribution in [2.75, 3.05) is 12.4 Å². The first kappa shape index (κ1) is 23.6. The van der Waals surface area contributed by atoms with E-state index in [-0.39, 0.29) is 34.0 Å². The molecule has 0 fully saturated rings. The summed E-state index contributed by atoms with van der Waals surface area (Å²) >= 11 is 0. The van der Waals surface area contributed by atoms with Crippen LogP contribution in [0.2, 0.25) is 0 Å². The van der Waals surface area contributed by atoms with Crippen LogP contribution in [0.1, 0.15) is 26.3 Å². The van der Waals surface area contributed by atoms with Crippen LogP contribution >= 0.6 is 0 Å². The van der Waals surface area contributed by atoms with Crippen molar-refractivity contribution in [3.05, 3.63) is 65.2 Å². The molecule has 0 aromatic heterocycles. The molecule has 156 valence electrons. The summed E-state index contributed by atoms with van der Waals surface area (Å²) in [7, 11) is 13.1. The second-order valence-corrected chi connectivity index (χ2v) is 8.40. The molecule has 7 nitrogen and oxygen atoms in total. The summed E-state index contributed by atoms with van der Waals surface area (Å²) in [5, 5.41) is 0.799. The smallest absolute Gasteiger partial charge is 0.344 e. The van der Waals surface area contributed by atoms with Crippen LogP contribution in [-0.4, -0.2) is 60.8 Å². The number of hydrogen-bond acceptors (Lipinski definition) is 6. The van der Waals surface area contributed by atoms with E-state index in [1.807, 2.05) is 0 Å². The topological polar surface area (TPSA) is 107 Å². The fourth-order valence-electron chi connectivity index (χ4n) is 3.16. The van der Waals surface area contributed by atoms with Gasteiger partial charge >= 0.3 is 11.9 Å². The number of benzene rings is 3. The third-order valence-electron chi connectivity index (χ3n) is 4.55. The lowest BCUT2D eigenvalue weighted by molar-refractivity contribution is 0.0530. The van der Waals surface area contributed by atoms with Gasteiger partial charge in [0.05, 0.1) is 19.0 Å². The van der Waals surface area contributed by atoms with Gasteiger partial charge in [-0.2, -0.15) is 8.42 Å². The average molecular weight is 444 g/mol. The van der Waals surface area contributed by atoms with E-state index in [0.717, 1.165) is 0 Å². The van der Waals surface area contributed by atoms with E-state index in [1.165, 1.54) is 18.2 Å². The molecule has 0 atom stereocenters. The Morgan fingerprint density at radius 2 is 1.59 bits per heavy atom. The van der Waals surface area contributed by atoms with Gasteiger partial charge in [-0.05, 0) is 23.1 Å². The molecular formula is C21H15B3O7S. The summed E-state index contributed by atoms with van der Waals surface area (Å²) in [6.45, 7) is -0.553. The highest BCUT2D eigenvalue weighted by Gasteiger charge is 2.21. The highest BCUT2D eigenvalue weighted by Crippen LogP contribution is 2.26. The highest BCUT2D eigenvalue weighted by molar-refractivity contribution is 7.85. The lowest BCUT2D eigenvalue weighted by Gasteiger charge is -2.15. The summed E-state index contributed by atoms with van der Waals surface area (Å²) in [5.41, 5.74) is 1.01. The van der Waals surface area contributed by atoms with Crippen molar-refractivity contribution in [2.24, 2.45) is 0 Å². The lowest BCUT2D eigenvalue weighted by Crippen LogP contribution is -2.22. The Labute approximate surface area is 189 Å². The molecule has 0 aliphatic carbocycles. The Balaban J connectivity index is 1.99. The van der Waals surface area contributed by atoms with Crippen LogP contribution in [0.3, 0.4) is 0 Å². The Kier molecular flexibility index (Phi) is 7.10. The molecule has 0 spiro atoms. The molecule has 3 aromatic carbocycles. The number of esters is 2. The van der Waals surface area contributed by atoms with E-state index in [4.69, 9.17) is 37.6 Å². The van der Waals surface area contributed by atoms with Gasteiger partial charge in [-0.3, -0.25) is 4.55 Å². The minimum Gasteiger partial charge on any atom is -0.461 e. The first-order valence-electron chi connectivity index (χ1n) is 9.35. The molecule has 1 N–H and O–H groups in total. The van der Waals surface area contributed by atoms with E-state index in [2.05, 4.69) is 0 Å². The largest absolute Gasteiger partial charge is 0.461 e. The van der Waals surface area contributed by atoms with Crippen molar-refractivity contribution in [2.45, 2.75) is 6.32 Å². The summed E-state index contributed by atoms with van der Waals surface area (Å²) in [5.74, 6) is -2.34. The molecule has 0 aliphatic rings. The van der Waals surface area contributed by atoms with Gasteiger partial charge in [0.2, 0.25) is 0 Å². The molecule has 6 radical (unpaired) electrons. The van der Waals surface area contributed by atoms with Crippen LogP contribution < -0.4 is 15.7 Å². The van der Waals surface area contributed by atoms with Gasteiger partial charge in [0.15, 0.2) is 0 Å². The first-order valence-corrected chi connectivity index (χ1v) is 11.0. The maximum absolute atomic E-state index is 13.0. The van der Waals surface area contributed by atoms with Crippen LogP contribution in [-0.2, 0) is 21.2 Å². The van der Waals surface area contributed by atoms with Crippen molar-refractivity contribution in [1.29, 1.82) is 0 Å². The minimum absolute atomic E-state index is 0.0229. The molecule has 32 heavy (non-hydrogen) atoms. The molecule has 0 saturated heterocycles. The van der Waals surface area contributed by atoms with Crippen LogP contribution in [0.4, 0.5) is 0 Å². The Morgan fingerprint density at radius 1 is 0.969 bits per heavy atom. The van der Waals surface area contributed by atoms with Gasteiger partial charge in [-0.15, -0.1) is 0 Å². The Bertz CT molecular complexity index is 1300. The van der Waals surface area contributed by atoms with Crippen molar-refractivity contribution < 1.29 is 32.0 Å². The predicted molar refractivity (Wildman–Crippen MR) is 122 cm³/mol. The molecule has 0 aliphatic heterocycles.